The Hall–Kier alpha value is -2.09. The van der Waals surface area contributed by atoms with E-state index in [0.29, 0.717) is 20.9 Å². The molecule has 26 heavy (non-hydrogen) atoms. The Labute approximate surface area is 164 Å². The SMILES string of the molecule is Cc1cc(C)c(NC(=O)CSc2nnnn2-c2cccc(Cl)c2)c(Cl)c1. The first-order valence-electron chi connectivity index (χ1n) is 7.68. The zero-order valence-corrected chi connectivity index (χ0v) is 16.4. The first-order chi connectivity index (χ1) is 12.4. The van der Waals surface area contributed by atoms with Gasteiger partial charge in [-0.05, 0) is 59.7 Å². The number of carbonyl (C=O) groups excluding carboxylic acids is 1. The van der Waals surface area contributed by atoms with Crippen molar-refractivity contribution in [3.8, 4) is 5.69 Å². The minimum Gasteiger partial charge on any atom is -0.324 e. The molecule has 0 bridgehead atoms. The molecule has 0 aliphatic rings. The van der Waals surface area contributed by atoms with Crippen LogP contribution < -0.4 is 5.32 Å². The van der Waals surface area contributed by atoms with Gasteiger partial charge in [0.05, 0.1) is 22.2 Å². The lowest BCUT2D eigenvalue weighted by molar-refractivity contribution is -0.113. The summed E-state index contributed by atoms with van der Waals surface area (Å²) >= 11 is 13.5. The van der Waals surface area contributed by atoms with Gasteiger partial charge in [-0.15, -0.1) is 5.10 Å². The second-order valence-corrected chi connectivity index (χ2v) is 7.41. The summed E-state index contributed by atoms with van der Waals surface area (Å²) < 4.78 is 1.54. The molecule has 134 valence electrons. The lowest BCUT2D eigenvalue weighted by atomic mass is 10.1. The molecule has 0 fully saturated rings. The van der Waals surface area contributed by atoms with E-state index in [1.54, 1.807) is 12.1 Å². The number of amides is 1. The molecule has 6 nitrogen and oxygen atoms in total. The van der Waals surface area contributed by atoms with Crippen LogP contribution in [0.15, 0.2) is 41.6 Å². The number of anilines is 1. The number of aryl methyl sites for hydroxylation is 2. The van der Waals surface area contributed by atoms with Gasteiger partial charge in [-0.3, -0.25) is 4.79 Å². The maximum Gasteiger partial charge on any atom is 0.234 e. The zero-order chi connectivity index (χ0) is 18.7. The summed E-state index contributed by atoms with van der Waals surface area (Å²) in [6.07, 6.45) is 0. The average molecular weight is 408 g/mol. The van der Waals surface area contributed by atoms with Crippen LogP contribution in [0, 0.1) is 13.8 Å². The monoisotopic (exact) mass is 407 g/mol. The molecule has 0 unspecified atom stereocenters. The van der Waals surface area contributed by atoms with Crippen LogP contribution in [0.4, 0.5) is 5.69 Å². The summed E-state index contributed by atoms with van der Waals surface area (Å²) in [4.78, 5) is 12.3. The molecule has 0 radical (unpaired) electrons. The minimum absolute atomic E-state index is 0.143. The third-order valence-electron chi connectivity index (χ3n) is 3.52. The second kappa shape index (κ2) is 8.07. The number of nitrogens with zero attached hydrogens (tertiary/aromatic N) is 4. The van der Waals surface area contributed by atoms with E-state index in [1.807, 2.05) is 38.1 Å². The van der Waals surface area contributed by atoms with Gasteiger partial charge >= 0.3 is 0 Å². The molecule has 0 aliphatic carbocycles. The van der Waals surface area contributed by atoms with E-state index < -0.39 is 0 Å². The van der Waals surface area contributed by atoms with Crippen LogP contribution >= 0.6 is 35.0 Å². The highest BCUT2D eigenvalue weighted by molar-refractivity contribution is 7.99. The van der Waals surface area contributed by atoms with Gasteiger partial charge in [0, 0.05) is 5.02 Å². The molecule has 0 saturated heterocycles. The number of hydrogen-bond acceptors (Lipinski definition) is 5. The standard InChI is InChI=1S/C17H15Cl2N5OS/c1-10-6-11(2)16(14(19)7-10)20-15(25)9-26-17-21-22-23-24(17)13-5-3-4-12(18)8-13/h3-8H,9H2,1-2H3,(H,20,25). The van der Waals surface area contributed by atoms with Crippen molar-refractivity contribution >= 4 is 46.6 Å². The summed E-state index contributed by atoms with van der Waals surface area (Å²) in [5, 5.41) is 16.0. The summed E-state index contributed by atoms with van der Waals surface area (Å²) in [6, 6.07) is 10.9. The van der Waals surface area contributed by atoms with Crippen LogP contribution in [0.25, 0.3) is 5.69 Å². The van der Waals surface area contributed by atoms with Crippen molar-refractivity contribution in [2.75, 3.05) is 11.1 Å². The molecule has 0 spiro atoms. The lowest BCUT2D eigenvalue weighted by Crippen LogP contribution is -2.16. The third kappa shape index (κ3) is 4.35. The van der Waals surface area contributed by atoms with Crippen molar-refractivity contribution in [3.63, 3.8) is 0 Å². The van der Waals surface area contributed by atoms with Crippen LogP contribution in [0.3, 0.4) is 0 Å². The van der Waals surface area contributed by atoms with Gasteiger partial charge in [-0.2, -0.15) is 4.68 Å². The molecule has 1 amide bonds. The number of tetrazole rings is 1. The average Bonchev–Trinajstić information content (AvgIpc) is 3.05. The number of nitrogens with one attached hydrogen (secondary N) is 1. The Morgan fingerprint density at radius 1 is 1.23 bits per heavy atom. The van der Waals surface area contributed by atoms with Gasteiger partial charge < -0.3 is 5.32 Å². The van der Waals surface area contributed by atoms with E-state index in [4.69, 9.17) is 23.2 Å². The quantitative estimate of drug-likeness (QED) is 0.637. The van der Waals surface area contributed by atoms with Gasteiger partial charge in [0.2, 0.25) is 11.1 Å². The van der Waals surface area contributed by atoms with Gasteiger partial charge in [0.15, 0.2) is 0 Å². The number of halogens is 2. The molecule has 9 heteroatoms. The van der Waals surface area contributed by atoms with Crippen molar-refractivity contribution in [3.05, 3.63) is 57.6 Å². The molecule has 3 rings (SSSR count). The van der Waals surface area contributed by atoms with Crippen LogP contribution in [-0.2, 0) is 4.79 Å². The highest BCUT2D eigenvalue weighted by Gasteiger charge is 2.14. The molecule has 0 aliphatic heterocycles. The maximum atomic E-state index is 12.3. The number of carbonyl (C=O) groups is 1. The smallest absolute Gasteiger partial charge is 0.234 e. The fourth-order valence-corrected chi connectivity index (χ4v) is 3.66. The number of aromatic nitrogens is 4. The Morgan fingerprint density at radius 2 is 2.04 bits per heavy atom. The molecule has 1 N–H and O–H groups in total. The Bertz CT molecular complexity index is 937. The number of hydrogen-bond donors (Lipinski definition) is 1. The van der Waals surface area contributed by atoms with E-state index in [0.717, 1.165) is 16.8 Å². The number of thioether (sulfide) groups is 1. The lowest BCUT2D eigenvalue weighted by Gasteiger charge is -2.11. The van der Waals surface area contributed by atoms with Crippen molar-refractivity contribution in [2.45, 2.75) is 19.0 Å². The molecular weight excluding hydrogens is 393 g/mol. The van der Waals surface area contributed by atoms with Gasteiger partial charge in [0.25, 0.3) is 0 Å². The largest absolute Gasteiger partial charge is 0.324 e. The molecule has 1 aromatic heterocycles. The summed E-state index contributed by atoms with van der Waals surface area (Å²) in [7, 11) is 0. The fourth-order valence-electron chi connectivity index (χ4n) is 2.42. The summed E-state index contributed by atoms with van der Waals surface area (Å²) in [5.41, 5.74) is 3.30. The molecule has 0 atom stereocenters. The van der Waals surface area contributed by atoms with E-state index in [-0.39, 0.29) is 11.7 Å². The third-order valence-corrected chi connectivity index (χ3v) is 4.97. The molecule has 1 heterocycles. The van der Waals surface area contributed by atoms with Crippen LogP contribution in [0.1, 0.15) is 11.1 Å². The topological polar surface area (TPSA) is 72.7 Å². The molecule has 2 aromatic carbocycles. The molecule has 0 saturated carbocycles. The van der Waals surface area contributed by atoms with Crippen LogP contribution in [0.5, 0.6) is 0 Å². The van der Waals surface area contributed by atoms with Crippen LogP contribution in [-0.4, -0.2) is 31.9 Å². The highest BCUT2D eigenvalue weighted by atomic mass is 35.5. The van der Waals surface area contributed by atoms with Crippen molar-refractivity contribution in [1.82, 2.24) is 20.2 Å². The zero-order valence-electron chi connectivity index (χ0n) is 14.0. The summed E-state index contributed by atoms with van der Waals surface area (Å²) in [6.45, 7) is 3.86. The fraction of sp³-hybridized carbons (Fsp3) is 0.176. The Balaban J connectivity index is 1.69. The van der Waals surface area contributed by atoms with Crippen molar-refractivity contribution < 1.29 is 4.79 Å². The van der Waals surface area contributed by atoms with Crippen molar-refractivity contribution in [2.24, 2.45) is 0 Å². The highest BCUT2D eigenvalue weighted by Crippen LogP contribution is 2.28. The van der Waals surface area contributed by atoms with E-state index in [2.05, 4.69) is 20.8 Å². The molecular formula is C17H15Cl2N5OS. The number of benzene rings is 2. The minimum atomic E-state index is -0.190. The number of rotatable bonds is 5. The molecule has 3 aromatic rings. The summed E-state index contributed by atoms with van der Waals surface area (Å²) in [5.74, 6) is -0.0468. The predicted octanol–water partition coefficient (Wildman–Crippen LogP) is 4.32. The van der Waals surface area contributed by atoms with Gasteiger partial charge in [-0.25, -0.2) is 0 Å². The normalized spacial score (nSPS) is 10.8. The van der Waals surface area contributed by atoms with E-state index >= 15 is 0 Å². The van der Waals surface area contributed by atoms with Gasteiger partial charge in [0.1, 0.15) is 0 Å². The van der Waals surface area contributed by atoms with Crippen LogP contribution in [0.2, 0.25) is 10.0 Å². The predicted molar refractivity (Wildman–Crippen MR) is 104 cm³/mol. The van der Waals surface area contributed by atoms with Gasteiger partial charge in [-0.1, -0.05) is 47.1 Å². The Kier molecular flexibility index (Phi) is 5.80. The van der Waals surface area contributed by atoms with E-state index in [9.17, 15) is 4.79 Å². The maximum absolute atomic E-state index is 12.3. The Morgan fingerprint density at radius 3 is 2.77 bits per heavy atom. The second-order valence-electron chi connectivity index (χ2n) is 5.63. The van der Waals surface area contributed by atoms with Crippen molar-refractivity contribution in [1.29, 1.82) is 0 Å². The first kappa shape index (κ1) is 18.7. The van der Waals surface area contributed by atoms with E-state index in [1.165, 1.54) is 16.4 Å². The first-order valence-corrected chi connectivity index (χ1v) is 9.42.